The molecule has 0 saturated carbocycles. The maximum Gasteiger partial charge on any atom is 0.0981 e. The van der Waals surface area contributed by atoms with Crippen LogP contribution in [0.5, 0.6) is 0 Å². The second kappa shape index (κ2) is 8.43. The van der Waals surface area contributed by atoms with Gasteiger partial charge in [-0.3, -0.25) is 0 Å². The van der Waals surface area contributed by atoms with Crippen LogP contribution in [0.2, 0.25) is 0 Å². The summed E-state index contributed by atoms with van der Waals surface area (Å²) in [6.07, 6.45) is 26.8. The number of benzene rings is 1. The number of nitrogens with zero attached hydrogens (tertiary/aromatic N) is 6. The highest BCUT2D eigenvalue weighted by Gasteiger charge is 2.31. The van der Waals surface area contributed by atoms with E-state index in [1.54, 1.807) is 0 Å². The summed E-state index contributed by atoms with van der Waals surface area (Å²) in [5, 5.41) is 0. The molecule has 0 aliphatic carbocycles. The van der Waals surface area contributed by atoms with Crippen LogP contribution in [0.3, 0.4) is 0 Å². The highest BCUT2D eigenvalue weighted by molar-refractivity contribution is 5.93. The van der Waals surface area contributed by atoms with E-state index in [9.17, 15) is 0 Å². The number of anilines is 1. The summed E-state index contributed by atoms with van der Waals surface area (Å²) in [6.45, 7) is 0.932. The molecular formula is C30H26N6. The van der Waals surface area contributed by atoms with E-state index in [2.05, 4.69) is 163 Å². The third-order valence-electron chi connectivity index (χ3n) is 6.77. The van der Waals surface area contributed by atoms with Crippen LogP contribution >= 0.6 is 0 Å². The Morgan fingerprint density at radius 3 is 0.889 bits per heavy atom. The van der Waals surface area contributed by atoms with Crippen molar-refractivity contribution in [2.75, 3.05) is 11.4 Å². The Balaban J connectivity index is 1.76. The maximum atomic E-state index is 2.39. The summed E-state index contributed by atoms with van der Waals surface area (Å²) in [4.78, 5) is 2.39. The summed E-state index contributed by atoms with van der Waals surface area (Å²) in [5.41, 5.74) is 6.76. The average Bonchev–Trinajstić information content (AvgIpc) is 3.78. The molecule has 0 amide bonds. The van der Waals surface area contributed by atoms with Gasteiger partial charge in [0.25, 0.3) is 0 Å². The van der Waals surface area contributed by atoms with Crippen molar-refractivity contribution in [1.29, 1.82) is 0 Å². The molecule has 1 aliphatic rings. The van der Waals surface area contributed by atoms with Gasteiger partial charge in [0.2, 0.25) is 0 Å². The van der Waals surface area contributed by atoms with Gasteiger partial charge in [0.15, 0.2) is 0 Å². The third kappa shape index (κ3) is 3.19. The number of hydrogen-bond donors (Lipinski definition) is 0. The van der Waals surface area contributed by atoms with Gasteiger partial charge in [-0.05, 0) is 67.1 Å². The molecule has 176 valence electrons. The SMILES string of the molecule is C1=CN(c2c(-n3cccc3)c(-n3cccc3)c(-n3cccc3)c(-n3cccc3)c2-n2cccc2)CC1. The highest BCUT2D eigenvalue weighted by Crippen LogP contribution is 2.46. The van der Waals surface area contributed by atoms with E-state index in [0.29, 0.717) is 0 Å². The van der Waals surface area contributed by atoms with E-state index >= 15 is 0 Å². The summed E-state index contributed by atoms with van der Waals surface area (Å²) in [6, 6.07) is 20.9. The molecular weight excluding hydrogens is 444 g/mol. The molecule has 0 atom stereocenters. The fourth-order valence-corrected chi connectivity index (χ4v) is 5.26. The standard InChI is InChI=1S/C30H26N6/c1-2-14-31(13-1)25-26(32-15-3-4-16-32)28(34-19-7-8-20-34)30(36-23-11-12-24-36)29(35-21-9-10-22-35)27(25)33-17-5-6-18-33/h1-11,13-23H,12,24H2. The van der Waals surface area contributed by atoms with Gasteiger partial charge in [0.05, 0.1) is 34.1 Å². The zero-order valence-corrected chi connectivity index (χ0v) is 19.8. The van der Waals surface area contributed by atoms with E-state index in [0.717, 1.165) is 41.4 Å². The normalized spacial score (nSPS) is 13.2. The van der Waals surface area contributed by atoms with Crippen molar-refractivity contribution in [3.63, 3.8) is 0 Å². The Morgan fingerprint density at radius 2 is 0.639 bits per heavy atom. The lowest BCUT2D eigenvalue weighted by Crippen LogP contribution is -2.22. The fourth-order valence-electron chi connectivity index (χ4n) is 5.26. The third-order valence-corrected chi connectivity index (χ3v) is 6.77. The van der Waals surface area contributed by atoms with Crippen LogP contribution in [0.25, 0.3) is 28.4 Å². The van der Waals surface area contributed by atoms with Crippen LogP contribution in [0.15, 0.2) is 135 Å². The number of aromatic nitrogens is 5. The molecule has 1 aromatic carbocycles. The number of rotatable bonds is 6. The lowest BCUT2D eigenvalue weighted by molar-refractivity contribution is 0.895. The predicted molar refractivity (Wildman–Crippen MR) is 144 cm³/mol. The molecule has 36 heavy (non-hydrogen) atoms. The Labute approximate surface area is 209 Å². The largest absolute Gasteiger partial charge is 0.344 e. The molecule has 6 nitrogen and oxygen atoms in total. The molecule has 0 unspecified atom stereocenters. The van der Waals surface area contributed by atoms with Gasteiger partial charge < -0.3 is 27.7 Å². The van der Waals surface area contributed by atoms with Crippen molar-refractivity contribution in [2.45, 2.75) is 6.42 Å². The summed E-state index contributed by atoms with van der Waals surface area (Å²) in [7, 11) is 0. The minimum Gasteiger partial charge on any atom is -0.344 e. The molecule has 0 saturated heterocycles. The van der Waals surface area contributed by atoms with Gasteiger partial charge in [0, 0.05) is 74.7 Å². The zero-order valence-electron chi connectivity index (χ0n) is 19.8. The smallest absolute Gasteiger partial charge is 0.0981 e. The molecule has 0 spiro atoms. The molecule has 6 aromatic rings. The van der Waals surface area contributed by atoms with Crippen LogP contribution in [0.4, 0.5) is 5.69 Å². The molecule has 7 rings (SSSR count). The van der Waals surface area contributed by atoms with E-state index in [-0.39, 0.29) is 0 Å². The first-order valence-electron chi connectivity index (χ1n) is 12.2. The van der Waals surface area contributed by atoms with Crippen LogP contribution in [-0.4, -0.2) is 29.4 Å². The van der Waals surface area contributed by atoms with E-state index in [1.165, 1.54) is 5.69 Å². The zero-order chi connectivity index (χ0) is 23.9. The first-order valence-corrected chi connectivity index (χ1v) is 12.2. The molecule has 5 aromatic heterocycles. The van der Waals surface area contributed by atoms with Crippen molar-refractivity contribution < 1.29 is 0 Å². The summed E-state index contributed by atoms with van der Waals surface area (Å²) >= 11 is 0. The molecule has 6 heterocycles. The van der Waals surface area contributed by atoms with Gasteiger partial charge in [-0.15, -0.1) is 0 Å². The van der Waals surface area contributed by atoms with Crippen LogP contribution < -0.4 is 4.90 Å². The van der Waals surface area contributed by atoms with Crippen LogP contribution in [-0.2, 0) is 0 Å². The van der Waals surface area contributed by atoms with Crippen molar-refractivity contribution in [3.8, 4) is 28.4 Å². The molecule has 0 fully saturated rings. The van der Waals surface area contributed by atoms with Gasteiger partial charge in [-0.2, -0.15) is 0 Å². The second-order valence-corrected chi connectivity index (χ2v) is 8.91. The minimum absolute atomic E-state index is 0.932. The monoisotopic (exact) mass is 470 g/mol. The number of hydrogen-bond acceptors (Lipinski definition) is 1. The van der Waals surface area contributed by atoms with Crippen molar-refractivity contribution in [1.82, 2.24) is 22.8 Å². The fraction of sp³-hybridized carbons (Fsp3) is 0.0667. The first kappa shape index (κ1) is 20.5. The van der Waals surface area contributed by atoms with E-state index in [4.69, 9.17) is 0 Å². The lowest BCUT2D eigenvalue weighted by atomic mass is 10.1. The highest BCUT2D eigenvalue weighted by atomic mass is 15.2. The Bertz CT molecular complexity index is 1500. The molecule has 0 radical (unpaired) electrons. The van der Waals surface area contributed by atoms with E-state index in [1.807, 2.05) is 0 Å². The van der Waals surface area contributed by atoms with Gasteiger partial charge in [0.1, 0.15) is 0 Å². The Kier molecular flexibility index (Phi) is 4.81. The minimum atomic E-state index is 0.932. The average molecular weight is 471 g/mol. The first-order chi connectivity index (χ1) is 17.9. The predicted octanol–water partition coefficient (Wildman–Crippen LogP) is 6.36. The second-order valence-electron chi connectivity index (χ2n) is 8.91. The van der Waals surface area contributed by atoms with Crippen LogP contribution in [0.1, 0.15) is 6.42 Å². The molecule has 1 aliphatic heterocycles. The molecule has 0 bridgehead atoms. The molecule has 6 heteroatoms. The van der Waals surface area contributed by atoms with Gasteiger partial charge in [-0.1, -0.05) is 6.08 Å². The maximum absolute atomic E-state index is 2.39. The molecule has 0 N–H and O–H groups in total. The Hall–Kier alpha value is -4.84. The van der Waals surface area contributed by atoms with Crippen LogP contribution in [0, 0.1) is 0 Å². The Morgan fingerprint density at radius 1 is 0.361 bits per heavy atom. The van der Waals surface area contributed by atoms with Crippen molar-refractivity contribution in [2.24, 2.45) is 0 Å². The van der Waals surface area contributed by atoms with Crippen molar-refractivity contribution >= 4 is 5.69 Å². The summed E-state index contributed by atoms with van der Waals surface area (Å²) in [5.74, 6) is 0. The van der Waals surface area contributed by atoms with Gasteiger partial charge in [-0.25, -0.2) is 0 Å². The van der Waals surface area contributed by atoms with Crippen molar-refractivity contribution in [3.05, 3.63) is 135 Å². The van der Waals surface area contributed by atoms with E-state index < -0.39 is 0 Å². The topological polar surface area (TPSA) is 27.9 Å². The quantitative estimate of drug-likeness (QED) is 0.278. The van der Waals surface area contributed by atoms with Gasteiger partial charge >= 0.3 is 0 Å². The lowest BCUT2D eigenvalue weighted by Gasteiger charge is -2.32. The summed E-state index contributed by atoms with van der Waals surface area (Å²) < 4.78 is 11.2.